The van der Waals surface area contributed by atoms with Crippen LogP contribution in [-0.4, -0.2) is 70.6 Å². The molecule has 2 N–H and O–H groups in total. The minimum atomic E-state index is -3.79. The Hall–Kier alpha value is -1.49. The van der Waals surface area contributed by atoms with Gasteiger partial charge in [0.2, 0.25) is 10.0 Å². The molecule has 1 aromatic heterocycles. The Labute approximate surface area is 121 Å². The van der Waals surface area contributed by atoms with Crippen molar-refractivity contribution in [2.45, 2.75) is 30.6 Å². The monoisotopic (exact) mass is 319 g/mol. The predicted molar refractivity (Wildman–Crippen MR) is 70.0 cm³/mol. The van der Waals surface area contributed by atoms with Crippen LogP contribution in [0.5, 0.6) is 0 Å². The first-order valence-corrected chi connectivity index (χ1v) is 7.77. The first-order valence-electron chi connectivity index (χ1n) is 6.33. The molecule has 0 radical (unpaired) electrons. The molecule has 2 atom stereocenters. The second-order valence-corrected chi connectivity index (χ2v) is 6.78. The van der Waals surface area contributed by atoms with Crippen molar-refractivity contribution in [3.05, 3.63) is 12.4 Å². The predicted octanol–water partition coefficient (Wildman–Crippen LogP) is -1.26. The summed E-state index contributed by atoms with van der Waals surface area (Å²) in [4.78, 5) is 10.5. The number of aliphatic hydroxyl groups is 1. The van der Waals surface area contributed by atoms with E-state index in [0.717, 1.165) is 10.9 Å². The molecule has 10 heteroatoms. The van der Waals surface area contributed by atoms with Crippen molar-refractivity contribution in [2.24, 2.45) is 0 Å². The van der Waals surface area contributed by atoms with Crippen LogP contribution in [-0.2, 0) is 26.1 Å². The van der Waals surface area contributed by atoms with Crippen LogP contribution >= 0.6 is 0 Å². The van der Waals surface area contributed by atoms with Crippen LogP contribution in [0.2, 0.25) is 0 Å². The number of hydrogen-bond donors (Lipinski definition) is 2. The zero-order valence-electron chi connectivity index (χ0n) is 11.4. The zero-order valence-corrected chi connectivity index (χ0v) is 12.2. The van der Waals surface area contributed by atoms with E-state index in [2.05, 4.69) is 5.10 Å². The Morgan fingerprint density at radius 1 is 1.52 bits per heavy atom. The third-order valence-corrected chi connectivity index (χ3v) is 4.83. The molecule has 1 aromatic rings. The van der Waals surface area contributed by atoms with E-state index < -0.39 is 28.6 Å². The standard InChI is InChI=1S/C11H17N3O6S/c1-8-3-14(4-9(7-15)20-8)21(18,19)10-2-12-13(5-10)6-11(16)17/h2,5,8-9,15H,3-4,6-7H2,1H3,(H,16,17). The van der Waals surface area contributed by atoms with Gasteiger partial charge in [0.25, 0.3) is 0 Å². The molecule has 0 bridgehead atoms. The highest BCUT2D eigenvalue weighted by molar-refractivity contribution is 7.89. The van der Waals surface area contributed by atoms with E-state index in [4.69, 9.17) is 14.9 Å². The minimum Gasteiger partial charge on any atom is -0.480 e. The van der Waals surface area contributed by atoms with Gasteiger partial charge < -0.3 is 14.9 Å². The minimum absolute atomic E-state index is 0.0489. The maximum atomic E-state index is 12.5. The van der Waals surface area contributed by atoms with Crippen LogP contribution in [0.1, 0.15) is 6.92 Å². The highest BCUT2D eigenvalue weighted by Crippen LogP contribution is 2.20. The van der Waals surface area contributed by atoms with Gasteiger partial charge in [0.1, 0.15) is 11.4 Å². The number of carboxylic acid groups (broad SMARTS) is 1. The number of aliphatic carboxylic acids is 1. The van der Waals surface area contributed by atoms with Crippen molar-refractivity contribution < 1.29 is 28.2 Å². The van der Waals surface area contributed by atoms with Gasteiger partial charge in [-0.25, -0.2) is 8.42 Å². The number of hydrogen-bond acceptors (Lipinski definition) is 6. The molecule has 1 fully saturated rings. The highest BCUT2D eigenvalue weighted by atomic mass is 32.2. The van der Waals surface area contributed by atoms with E-state index in [0.29, 0.717) is 0 Å². The summed E-state index contributed by atoms with van der Waals surface area (Å²) in [5.41, 5.74) is 0. The Bertz CT molecular complexity index is 613. The van der Waals surface area contributed by atoms with Gasteiger partial charge in [-0.05, 0) is 6.92 Å². The third kappa shape index (κ3) is 3.59. The first kappa shape index (κ1) is 15.9. The second-order valence-electron chi connectivity index (χ2n) is 4.84. The number of carboxylic acids is 1. The molecule has 9 nitrogen and oxygen atoms in total. The summed E-state index contributed by atoms with van der Waals surface area (Å²) in [5.74, 6) is -1.11. The van der Waals surface area contributed by atoms with Crippen LogP contribution in [0, 0.1) is 0 Å². The van der Waals surface area contributed by atoms with Gasteiger partial charge in [-0.1, -0.05) is 0 Å². The molecule has 0 amide bonds. The number of rotatable bonds is 5. The van der Waals surface area contributed by atoms with E-state index in [1.807, 2.05) is 0 Å². The van der Waals surface area contributed by atoms with E-state index in [1.165, 1.54) is 10.5 Å². The van der Waals surface area contributed by atoms with Crippen LogP contribution in [0.25, 0.3) is 0 Å². The summed E-state index contributed by atoms with van der Waals surface area (Å²) in [6.07, 6.45) is 1.39. The van der Waals surface area contributed by atoms with Crippen molar-refractivity contribution in [2.75, 3.05) is 19.7 Å². The fourth-order valence-electron chi connectivity index (χ4n) is 2.15. The molecule has 1 aliphatic rings. The lowest BCUT2D eigenvalue weighted by atomic mass is 10.2. The van der Waals surface area contributed by atoms with Crippen molar-refractivity contribution in [1.82, 2.24) is 14.1 Å². The smallest absolute Gasteiger partial charge is 0.325 e. The van der Waals surface area contributed by atoms with Gasteiger partial charge in [-0.2, -0.15) is 9.40 Å². The average Bonchev–Trinajstić information content (AvgIpc) is 2.86. The first-order chi connectivity index (χ1) is 9.82. The lowest BCUT2D eigenvalue weighted by Gasteiger charge is -2.34. The molecule has 0 spiro atoms. The Kier molecular flexibility index (Phi) is 4.61. The number of morpholine rings is 1. The molecular weight excluding hydrogens is 302 g/mol. The number of aliphatic hydroxyl groups excluding tert-OH is 1. The zero-order chi connectivity index (χ0) is 15.6. The summed E-state index contributed by atoms with van der Waals surface area (Å²) in [6, 6.07) is 0. The Morgan fingerprint density at radius 2 is 2.24 bits per heavy atom. The molecule has 0 aromatic carbocycles. The van der Waals surface area contributed by atoms with Gasteiger partial charge in [-0.15, -0.1) is 0 Å². The Morgan fingerprint density at radius 3 is 2.86 bits per heavy atom. The number of nitrogens with zero attached hydrogens (tertiary/aromatic N) is 3. The third-order valence-electron chi connectivity index (χ3n) is 3.04. The Balaban J connectivity index is 2.20. The van der Waals surface area contributed by atoms with Gasteiger partial charge in [0, 0.05) is 19.3 Å². The van der Waals surface area contributed by atoms with Crippen molar-refractivity contribution in [3.63, 3.8) is 0 Å². The van der Waals surface area contributed by atoms with Gasteiger partial charge >= 0.3 is 5.97 Å². The van der Waals surface area contributed by atoms with E-state index in [1.54, 1.807) is 6.92 Å². The molecule has 2 rings (SSSR count). The summed E-state index contributed by atoms with van der Waals surface area (Å²) >= 11 is 0. The lowest BCUT2D eigenvalue weighted by molar-refractivity contribution is -0.137. The largest absolute Gasteiger partial charge is 0.480 e. The lowest BCUT2D eigenvalue weighted by Crippen LogP contribution is -2.50. The van der Waals surface area contributed by atoms with Crippen LogP contribution in [0.15, 0.2) is 17.3 Å². The molecule has 2 heterocycles. The highest BCUT2D eigenvalue weighted by Gasteiger charge is 2.34. The van der Waals surface area contributed by atoms with Crippen LogP contribution in [0.3, 0.4) is 0 Å². The summed E-state index contributed by atoms with van der Waals surface area (Å²) in [6.45, 7) is 1.26. The van der Waals surface area contributed by atoms with Crippen LogP contribution < -0.4 is 0 Å². The summed E-state index contributed by atoms with van der Waals surface area (Å²) in [5, 5.41) is 21.5. The number of aromatic nitrogens is 2. The van der Waals surface area contributed by atoms with E-state index in [-0.39, 0.29) is 30.7 Å². The van der Waals surface area contributed by atoms with Gasteiger partial charge in [-0.3, -0.25) is 9.48 Å². The van der Waals surface area contributed by atoms with E-state index in [9.17, 15) is 13.2 Å². The molecule has 0 saturated carbocycles. The maximum absolute atomic E-state index is 12.5. The van der Waals surface area contributed by atoms with Crippen molar-refractivity contribution in [1.29, 1.82) is 0 Å². The molecule has 1 saturated heterocycles. The normalized spacial score (nSPS) is 24.1. The molecule has 2 unspecified atom stereocenters. The molecular formula is C11H17N3O6S. The fourth-order valence-corrected chi connectivity index (χ4v) is 3.65. The SMILES string of the molecule is CC1CN(S(=O)(=O)c2cnn(CC(=O)O)c2)CC(CO)O1. The van der Waals surface area contributed by atoms with E-state index >= 15 is 0 Å². The summed E-state index contributed by atoms with van der Waals surface area (Å²) in [7, 11) is -3.79. The second kappa shape index (κ2) is 6.10. The number of ether oxygens (including phenoxy) is 1. The van der Waals surface area contributed by atoms with Crippen LogP contribution in [0.4, 0.5) is 0 Å². The fraction of sp³-hybridized carbons (Fsp3) is 0.636. The topological polar surface area (TPSA) is 122 Å². The average molecular weight is 319 g/mol. The summed E-state index contributed by atoms with van der Waals surface area (Å²) < 4.78 is 32.6. The molecule has 1 aliphatic heterocycles. The number of carbonyl (C=O) groups is 1. The van der Waals surface area contributed by atoms with Crippen molar-refractivity contribution in [3.8, 4) is 0 Å². The van der Waals surface area contributed by atoms with Gasteiger partial charge in [0.05, 0.1) is 25.0 Å². The number of sulfonamides is 1. The van der Waals surface area contributed by atoms with Gasteiger partial charge in [0.15, 0.2) is 0 Å². The quantitative estimate of drug-likeness (QED) is 0.694. The molecule has 118 valence electrons. The maximum Gasteiger partial charge on any atom is 0.325 e. The molecule has 21 heavy (non-hydrogen) atoms. The van der Waals surface area contributed by atoms with Crippen molar-refractivity contribution >= 4 is 16.0 Å². The molecule has 0 aliphatic carbocycles.